The van der Waals surface area contributed by atoms with Crippen molar-refractivity contribution < 1.29 is 13.2 Å². The van der Waals surface area contributed by atoms with E-state index in [0.717, 1.165) is 6.26 Å². The van der Waals surface area contributed by atoms with Gasteiger partial charge >= 0.3 is 0 Å². The molecule has 0 aliphatic heterocycles. The fraction of sp³-hybridized carbons (Fsp3) is 0.273. The van der Waals surface area contributed by atoms with Crippen molar-refractivity contribution in [1.29, 1.82) is 5.26 Å². The molecule has 0 radical (unpaired) electrons. The Morgan fingerprint density at radius 2 is 2.18 bits per heavy atom. The molecular formula is C11H12N2O3S. The zero-order chi connectivity index (χ0) is 12.9. The van der Waals surface area contributed by atoms with Crippen molar-refractivity contribution in [2.75, 3.05) is 12.8 Å². The van der Waals surface area contributed by atoms with Gasteiger partial charge in [0.05, 0.1) is 17.4 Å². The number of carbonyl (C=O) groups is 1. The van der Waals surface area contributed by atoms with E-state index in [1.807, 2.05) is 6.07 Å². The smallest absolute Gasteiger partial charge is 0.251 e. The second-order valence-electron chi connectivity index (χ2n) is 3.46. The molecule has 6 heteroatoms. The largest absolute Gasteiger partial charge is 0.351 e. The molecule has 1 N–H and O–H groups in total. The molecule has 0 saturated carbocycles. The molecule has 1 aromatic rings. The summed E-state index contributed by atoms with van der Waals surface area (Å²) in [7, 11) is -3.32. The maximum Gasteiger partial charge on any atom is 0.251 e. The lowest BCUT2D eigenvalue weighted by Gasteiger charge is -2.04. The van der Waals surface area contributed by atoms with Gasteiger partial charge in [-0.25, -0.2) is 8.42 Å². The Bertz CT molecular complexity index is 558. The van der Waals surface area contributed by atoms with Gasteiger partial charge in [0.25, 0.3) is 5.91 Å². The van der Waals surface area contributed by atoms with Crippen LogP contribution in [0.15, 0.2) is 29.2 Å². The third-order valence-electron chi connectivity index (χ3n) is 2.05. The van der Waals surface area contributed by atoms with Crippen LogP contribution >= 0.6 is 0 Å². The number of amides is 1. The Morgan fingerprint density at radius 1 is 1.47 bits per heavy atom. The molecule has 0 bridgehead atoms. The lowest BCUT2D eigenvalue weighted by molar-refractivity contribution is 0.0954. The van der Waals surface area contributed by atoms with Crippen molar-refractivity contribution in [2.24, 2.45) is 0 Å². The van der Waals surface area contributed by atoms with Crippen LogP contribution in [0.5, 0.6) is 0 Å². The Hall–Kier alpha value is -1.87. The van der Waals surface area contributed by atoms with Crippen molar-refractivity contribution in [2.45, 2.75) is 11.3 Å². The Kier molecular flexibility index (Phi) is 4.24. The molecule has 0 heterocycles. The van der Waals surface area contributed by atoms with E-state index < -0.39 is 9.84 Å². The van der Waals surface area contributed by atoms with Crippen LogP contribution in [0.4, 0.5) is 0 Å². The summed E-state index contributed by atoms with van der Waals surface area (Å²) in [5.74, 6) is -0.384. The van der Waals surface area contributed by atoms with Crippen molar-refractivity contribution >= 4 is 15.7 Å². The van der Waals surface area contributed by atoms with Gasteiger partial charge in [-0.1, -0.05) is 6.07 Å². The molecule has 0 aliphatic rings. The molecule has 0 saturated heterocycles. The standard InChI is InChI=1S/C11H12N2O3S/c1-17(15,16)10-5-2-4-9(8-10)11(14)13-7-3-6-12/h2,4-5,8H,3,7H2,1H3,(H,13,14). The van der Waals surface area contributed by atoms with E-state index in [2.05, 4.69) is 5.32 Å². The maximum absolute atomic E-state index is 11.6. The van der Waals surface area contributed by atoms with Gasteiger partial charge in [0.1, 0.15) is 0 Å². The van der Waals surface area contributed by atoms with Gasteiger partial charge in [-0.15, -0.1) is 0 Å². The van der Waals surface area contributed by atoms with Gasteiger partial charge in [-0.05, 0) is 18.2 Å². The predicted octanol–water partition coefficient (Wildman–Crippen LogP) is 0.734. The summed E-state index contributed by atoms with van der Waals surface area (Å²) in [5.41, 5.74) is 0.269. The number of hydrogen-bond donors (Lipinski definition) is 1. The summed E-state index contributed by atoms with van der Waals surface area (Å²) in [5, 5.41) is 10.8. The molecule has 1 amide bonds. The van der Waals surface area contributed by atoms with Gasteiger partial charge in [0.15, 0.2) is 9.84 Å². The average Bonchev–Trinajstić information content (AvgIpc) is 2.28. The first kappa shape index (κ1) is 13.2. The predicted molar refractivity (Wildman–Crippen MR) is 62.1 cm³/mol. The summed E-state index contributed by atoms with van der Waals surface area (Å²) < 4.78 is 22.6. The van der Waals surface area contributed by atoms with Crippen molar-refractivity contribution in [3.8, 4) is 6.07 Å². The van der Waals surface area contributed by atoms with Crippen LogP contribution in [-0.2, 0) is 9.84 Å². The zero-order valence-corrected chi connectivity index (χ0v) is 10.1. The van der Waals surface area contributed by atoms with Gasteiger partial charge < -0.3 is 5.32 Å². The summed E-state index contributed by atoms with van der Waals surface area (Å²) >= 11 is 0. The Balaban J connectivity index is 2.86. The normalized spacial score (nSPS) is 10.6. The number of nitrogens with one attached hydrogen (secondary N) is 1. The van der Waals surface area contributed by atoms with Gasteiger partial charge in [-0.2, -0.15) is 5.26 Å². The molecule has 1 rings (SSSR count). The highest BCUT2D eigenvalue weighted by molar-refractivity contribution is 7.90. The number of hydrogen-bond acceptors (Lipinski definition) is 4. The van der Waals surface area contributed by atoms with Crippen LogP contribution in [0.2, 0.25) is 0 Å². The minimum atomic E-state index is -3.32. The molecule has 0 atom stereocenters. The molecule has 0 unspecified atom stereocenters. The quantitative estimate of drug-likeness (QED) is 0.800. The van der Waals surface area contributed by atoms with Crippen molar-refractivity contribution in [3.05, 3.63) is 29.8 Å². The SMILES string of the molecule is CS(=O)(=O)c1cccc(C(=O)NCCC#N)c1. The highest BCUT2D eigenvalue weighted by Gasteiger charge is 2.10. The average molecular weight is 252 g/mol. The minimum absolute atomic E-state index is 0.102. The number of nitrogens with zero attached hydrogens (tertiary/aromatic N) is 1. The molecule has 17 heavy (non-hydrogen) atoms. The van der Waals surface area contributed by atoms with E-state index in [1.54, 1.807) is 0 Å². The topological polar surface area (TPSA) is 87.0 Å². The number of benzene rings is 1. The molecule has 0 aromatic heterocycles. The first-order chi connectivity index (χ1) is 7.95. The number of nitriles is 1. The Morgan fingerprint density at radius 3 is 2.76 bits per heavy atom. The molecule has 0 fully saturated rings. The lowest BCUT2D eigenvalue weighted by atomic mass is 10.2. The maximum atomic E-state index is 11.6. The fourth-order valence-corrected chi connectivity index (χ4v) is 1.87. The third-order valence-corrected chi connectivity index (χ3v) is 3.16. The summed E-state index contributed by atoms with van der Waals surface area (Å²) in [6.07, 6.45) is 1.30. The van der Waals surface area contributed by atoms with Crippen LogP contribution in [0.3, 0.4) is 0 Å². The van der Waals surface area contributed by atoms with E-state index in [0.29, 0.717) is 0 Å². The first-order valence-electron chi connectivity index (χ1n) is 4.90. The highest BCUT2D eigenvalue weighted by Crippen LogP contribution is 2.11. The minimum Gasteiger partial charge on any atom is -0.351 e. The summed E-state index contributed by atoms with van der Waals surface area (Å²) in [6.45, 7) is 0.248. The fourth-order valence-electron chi connectivity index (χ4n) is 1.20. The third kappa shape index (κ3) is 3.89. The Labute approximate surface area is 100.0 Å². The molecular weight excluding hydrogens is 240 g/mol. The number of carbonyl (C=O) groups excluding carboxylic acids is 1. The van der Waals surface area contributed by atoms with Gasteiger partial charge in [-0.3, -0.25) is 4.79 Å². The lowest BCUT2D eigenvalue weighted by Crippen LogP contribution is -2.24. The van der Waals surface area contributed by atoms with Crippen LogP contribution < -0.4 is 5.32 Å². The van der Waals surface area contributed by atoms with Crippen molar-refractivity contribution in [3.63, 3.8) is 0 Å². The second-order valence-corrected chi connectivity index (χ2v) is 5.48. The van der Waals surface area contributed by atoms with Crippen molar-refractivity contribution in [1.82, 2.24) is 5.32 Å². The van der Waals surface area contributed by atoms with Gasteiger partial charge in [0.2, 0.25) is 0 Å². The van der Waals surface area contributed by atoms with Gasteiger partial charge in [0, 0.05) is 18.4 Å². The molecule has 0 spiro atoms. The van der Waals surface area contributed by atoms with E-state index in [9.17, 15) is 13.2 Å². The number of rotatable bonds is 4. The van der Waals surface area contributed by atoms with Crippen LogP contribution in [0.1, 0.15) is 16.8 Å². The second kappa shape index (κ2) is 5.46. The monoisotopic (exact) mass is 252 g/mol. The summed E-state index contributed by atoms with van der Waals surface area (Å²) in [4.78, 5) is 11.7. The van der Waals surface area contributed by atoms with E-state index >= 15 is 0 Å². The zero-order valence-electron chi connectivity index (χ0n) is 9.30. The highest BCUT2D eigenvalue weighted by atomic mass is 32.2. The van der Waals surface area contributed by atoms with Crippen LogP contribution in [0.25, 0.3) is 0 Å². The number of sulfone groups is 1. The molecule has 0 aliphatic carbocycles. The molecule has 1 aromatic carbocycles. The van der Waals surface area contributed by atoms with Crippen LogP contribution in [0, 0.1) is 11.3 Å². The van der Waals surface area contributed by atoms with E-state index in [-0.39, 0.29) is 29.3 Å². The van der Waals surface area contributed by atoms with E-state index in [4.69, 9.17) is 5.26 Å². The van der Waals surface area contributed by atoms with Crippen LogP contribution in [-0.4, -0.2) is 27.1 Å². The summed E-state index contributed by atoms with van der Waals surface area (Å²) in [6, 6.07) is 7.68. The first-order valence-corrected chi connectivity index (χ1v) is 6.79. The molecule has 90 valence electrons. The molecule has 5 nitrogen and oxygen atoms in total. The van der Waals surface area contributed by atoms with E-state index in [1.165, 1.54) is 24.3 Å².